The van der Waals surface area contributed by atoms with Crippen molar-refractivity contribution in [3.05, 3.63) is 23.4 Å². The molecule has 2 rings (SSSR count). The van der Waals surface area contributed by atoms with Crippen molar-refractivity contribution in [2.75, 3.05) is 11.9 Å². The Morgan fingerprint density at radius 1 is 1.54 bits per heavy atom. The van der Waals surface area contributed by atoms with Crippen molar-refractivity contribution < 1.29 is 5.11 Å². The fourth-order valence-corrected chi connectivity index (χ4v) is 1.31. The molecule has 4 heteroatoms. The Bertz CT molecular complexity index is 295. The van der Waals surface area contributed by atoms with E-state index in [1.807, 2.05) is 6.07 Å². The predicted octanol–water partition coefficient (Wildman–Crippen LogP) is 1.67. The van der Waals surface area contributed by atoms with Gasteiger partial charge in [0.05, 0.1) is 17.2 Å². The van der Waals surface area contributed by atoms with Crippen LogP contribution in [0.1, 0.15) is 12.8 Å². The van der Waals surface area contributed by atoms with Gasteiger partial charge in [-0.2, -0.15) is 0 Å². The second-order valence-corrected chi connectivity index (χ2v) is 3.86. The molecule has 0 unspecified atom stereocenters. The standard InChI is InChI=1S/C9H11ClN2O/c10-7-1-2-8(11-5-7)12-9(6-13)3-4-9/h1-2,5,13H,3-4,6H2,(H,11,12). The van der Waals surface area contributed by atoms with Crippen LogP contribution >= 0.6 is 11.6 Å². The first-order chi connectivity index (χ1) is 6.24. The fourth-order valence-electron chi connectivity index (χ4n) is 1.19. The van der Waals surface area contributed by atoms with Crippen molar-refractivity contribution in [2.45, 2.75) is 18.4 Å². The highest BCUT2D eigenvalue weighted by atomic mass is 35.5. The lowest BCUT2D eigenvalue weighted by Gasteiger charge is -2.14. The molecule has 0 aliphatic heterocycles. The van der Waals surface area contributed by atoms with E-state index in [1.54, 1.807) is 12.3 Å². The molecule has 1 aliphatic carbocycles. The minimum absolute atomic E-state index is 0.110. The lowest BCUT2D eigenvalue weighted by molar-refractivity contribution is 0.266. The Kier molecular flexibility index (Phi) is 2.14. The average Bonchev–Trinajstić information content (AvgIpc) is 2.90. The number of hydrogen-bond donors (Lipinski definition) is 2. The van der Waals surface area contributed by atoms with Crippen LogP contribution in [0.5, 0.6) is 0 Å². The molecule has 1 saturated carbocycles. The number of halogens is 1. The van der Waals surface area contributed by atoms with E-state index in [4.69, 9.17) is 16.7 Å². The highest BCUT2D eigenvalue weighted by Gasteiger charge is 2.42. The summed E-state index contributed by atoms with van der Waals surface area (Å²) in [6, 6.07) is 3.60. The van der Waals surface area contributed by atoms with Crippen molar-refractivity contribution in [3.8, 4) is 0 Å². The van der Waals surface area contributed by atoms with Gasteiger partial charge in [0, 0.05) is 6.20 Å². The van der Waals surface area contributed by atoms with Gasteiger partial charge < -0.3 is 10.4 Å². The third-order valence-electron chi connectivity index (χ3n) is 2.28. The van der Waals surface area contributed by atoms with Crippen LogP contribution in [0.3, 0.4) is 0 Å². The van der Waals surface area contributed by atoms with E-state index in [1.165, 1.54) is 0 Å². The summed E-state index contributed by atoms with van der Waals surface area (Å²) in [5, 5.41) is 12.9. The normalized spacial score (nSPS) is 18.3. The van der Waals surface area contributed by atoms with Crippen molar-refractivity contribution >= 4 is 17.4 Å². The molecule has 0 aromatic carbocycles. The molecule has 0 radical (unpaired) electrons. The van der Waals surface area contributed by atoms with Crippen molar-refractivity contribution in [1.82, 2.24) is 4.98 Å². The van der Waals surface area contributed by atoms with Crippen LogP contribution in [0.2, 0.25) is 5.02 Å². The van der Waals surface area contributed by atoms with Gasteiger partial charge in [-0.1, -0.05) is 11.6 Å². The summed E-state index contributed by atoms with van der Waals surface area (Å²) in [5.74, 6) is 0.774. The summed E-state index contributed by atoms with van der Waals surface area (Å²) in [4.78, 5) is 4.10. The Morgan fingerprint density at radius 2 is 2.31 bits per heavy atom. The summed E-state index contributed by atoms with van der Waals surface area (Å²) in [7, 11) is 0. The number of pyridine rings is 1. The van der Waals surface area contributed by atoms with Crippen molar-refractivity contribution in [3.63, 3.8) is 0 Å². The fraction of sp³-hybridized carbons (Fsp3) is 0.444. The van der Waals surface area contributed by atoms with E-state index in [0.717, 1.165) is 18.7 Å². The largest absolute Gasteiger partial charge is 0.394 e. The van der Waals surface area contributed by atoms with Crippen LogP contribution in [0.4, 0.5) is 5.82 Å². The second kappa shape index (κ2) is 3.16. The number of aromatic nitrogens is 1. The van der Waals surface area contributed by atoms with Crippen LogP contribution in [0.15, 0.2) is 18.3 Å². The zero-order valence-corrected chi connectivity index (χ0v) is 7.88. The Balaban J connectivity index is 2.06. The molecule has 0 amide bonds. The molecular weight excluding hydrogens is 188 g/mol. The molecule has 0 atom stereocenters. The molecule has 1 aromatic heterocycles. The Labute approximate surface area is 81.8 Å². The lowest BCUT2D eigenvalue weighted by atomic mass is 10.3. The number of nitrogens with zero attached hydrogens (tertiary/aromatic N) is 1. The molecule has 1 heterocycles. The summed E-state index contributed by atoms with van der Waals surface area (Å²) in [5.41, 5.74) is -0.110. The van der Waals surface area contributed by atoms with Gasteiger partial charge >= 0.3 is 0 Å². The second-order valence-electron chi connectivity index (χ2n) is 3.43. The van der Waals surface area contributed by atoms with Gasteiger partial charge in [-0.25, -0.2) is 4.98 Å². The number of hydrogen-bond acceptors (Lipinski definition) is 3. The van der Waals surface area contributed by atoms with E-state index in [9.17, 15) is 0 Å². The van der Waals surface area contributed by atoms with E-state index in [2.05, 4.69) is 10.3 Å². The van der Waals surface area contributed by atoms with Crippen molar-refractivity contribution in [2.24, 2.45) is 0 Å². The highest BCUT2D eigenvalue weighted by molar-refractivity contribution is 6.30. The molecule has 1 aliphatic rings. The van der Waals surface area contributed by atoms with Crippen LogP contribution in [-0.4, -0.2) is 22.2 Å². The molecule has 13 heavy (non-hydrogen) atoms. The zero-order valence-electron chi connectivity index (χ0n) is 7.13. The van der Waals surface area contributed by atoms with E-state index >= 15 is 0 Å². The molecule has 2 N–H and O–H groups in total. The van der Waals surface area contributed by atoms with Crippen LogP contribution in [-0.2, 0) is 0 Å². The highest BCUT2D eigenvalue weighted by Crippen LogP contribution is 2.37. The third kappa shape index (κ3) is 1.92. The number of nitrogens with one attached hydrogen (secondary N) is 1. The summed E-state index contributed by atoms with van der Waals surface area (Å²) in [6.45, 7) is 0.164. The van der Waals surface area contributed by atoms with Crippen LogP contribution in [0.25, 0.3) is 0 Å². The van der Waals surface area contributed by atoms with E-state index in [0.29, 0.717) is 5.02 Å². The van der Waals surface area contributed by atoms with Gasteiger partial charge in [-0.05, 0) is 25.0 Å². The number of anilines is 1. The summed E-state index contributed by atoms with van der Waals surface area (Å²) in [6.07, 6.45) is 3.61. The maximum absolute atomic E-state index is 9.06. The number of aliphatic hydroxyl groups is 1. The van der Waals surface area contributed by atoms with Gasteiger partial charge in [-0.15, -0.1) is 0 Å². The molecule has 0 saturated heterocycles. The quantitative estimate of drug-likeness (QED) is 0.777. The van der Waals surface area contributed by atoms with Gasteiger partial charge in [-0.3, -0.25) is 0 Å². The van der Waals surface area contributed by atoms with E-state index in [-0.39, 0.29) is 12.1 Å². The monoisotopic (exact) mass is 198 g/mol. The minimum atomic E-state index is -0.110. The van der Waals surface area contributed by atoms with Gasteiger partial charge in [0.1, 0.15) is 5.82 Å². The third-order valence-corrected chi connectivity index (χ3v) is 2.50. The summed E-state index contributed by atoms with van der Waals surface area (Å²) < 4.78 is 0. The zero-order chi connectivity index (χ0) is 9.31. The molecule has 70 valence electrons. The van der Waals surface area contributed by atoms with Gasteiger partial charge in [0.15, 0.2) is 0 Å². The molecule has 0 bridgehead atoms. The summed E-state index contributed by atoms with van der Waals surface area (Å²) >= 11 is 5.69. The first-order valence-electron chi connectivity index (χ1n) is 4.25. The molecule has 1 aromatic rings. The number of rotatable bonds is 3. The SMILES string of the molecule is OCC1(Nc2ccc(Cl)cn2)CC1. The maximum Gasteiger partial charge on any atom is 0.126 e. The van der Waals surface area contributed by atoms with Crippen LogP contribution < -0.4 is 5.32 Å². The average molecular weight is 199 g/mol. The Hall–Kier alpha value is -0.800. The number of aliphatic hydroxyl groups excluding tert-OH is 1. The molecule has 1 fully saturated rings. The molecule has 3 nitrogen and oxygen atoms in total. The first-order valence-corrected chi connectivity index (χ1v) is 4.62. The first kappa shape index (κ1) is 8.78. The molecule has 0 spiro atoms. The lowest BCUT2D eigenvalue weighted by Crippen LogP contribution is -2.25. The minimum Gasteiger partial charge on any atom is -0.394 e. The van der Waals surface area contributed by atoms with E-state index < -0.39 is 0 Å². The Morgan fingerprint density at radius 3 is 2.77 bits per heavy atom. The maximum atomic E-state index is 9.06. The van der Waals surface area contributed by atoms with Gasteiger partial charge in [0.25, 0.3) is 0 Å². The molecular formula is C9H11ClN2O. The van der Waals surface area contributed by atoms with Crippen molar-refractivity contribution in [1.29, 1.82) is 0 Å². The smallest absolute Gasteiger partial charge is 0.126 e. The predicted molar refractivity (Wildman–Crippen MR) is 51.9 cm³/mol. The van der Waals surface area contributed by atoms with Crippen LogP contribution in [0, 0.1) is 0 Å². The topological polar surface area (TPSA) is 45.1 Å². The van der Waals surface area contributed by atoms with Gasteiger partial charge in [0.2, 0.25) is 0 Å².